The topological polar surface area (TPSA) is 0 Å². The average Bonchev–Trinajstić information content (AvgIpc) is 2.44. The molecule has 0 heterocycles. The lowest BCUT2D eigenvalue weighted by Crippen LogP contribution is -2.06. The molecule has 0 fully saturated rings. The maximum atomic E-state index is 2.33. The van der Waals surface area contributed by atoms with Gasteiger partial charge in [-0.15, -0.1) is 0 Å². The molecular formula is C19H28. The van der Waals surface area contributed by atoms with Crippen molar-refractivity contribution in [3.8, 4) is 0 Å². The van der Waals surface area contributed by atoms with Crippen LogP contribution in [0.1, 0.15) is 58.1 Å². The number of fused-ring (bicyclic) bond motifs is 1. The minimum atomic E-state index is 0.667. The summed E-state index contributed by atoms with van der Waals surface area (Å²) in [7, 11) is 0. The molecule has 0 N–H and O–H groups in total. The number of rotatable bonds is 3. The fourth-order valence-electron chi connectivity index (χ4n) is 2.85. The molecule has 1 atom stereocenters. The first-order chi connectivity index (χ1) is 9.15. The van der Waals surface area contributed by atoms with E-state index in [0.29, 0.717) is 11.8 Å². The molecule has 104 valence electrons. The van der Waals surface area contributed by atoms with Crippen LogP contribution in [-0.4, -0.2) is 0 Å². The number of hydrogen-bond donors (Lipinski definition) is 0. The summed E-state index contributed by atoms with van der Waals surface area (Å²) in [5.74, 6) is 1.37. The molecule has 0 spiro atoms. The van der Waals surface area contributed by atoms with E-state index in [0.717, 1.165) is 0 Å². The summed E-state index contributed by atoms with van der Waals surface area (Å²) in [6, 6.07) is 13.4. The number of benzene rings is 2. The third kappa shape index (κ3) is 3.37. The van der Waals surface area contributed by atoms with Crippen LogP contribution >= 0.6 is 0 Å². The monoisotopic (exact) mass is 256 g/mol. The summed E-state index contributed by atoms with van der Waals surface area (Å²) in [6.07, 6.45) is 1.21. The predicted molar refractivity (Wildman–Crippen MR) is 87.9 cm³/mol. The zero-order valence-electron chi connectivity index (χ0n) is 13.3. The lowest BCUT2D eigenvalue weighted by Gasteiger charge is -2.22. The van der Waals surface area contributed by atoms with Crippen molar-refractivity contribution < 1.29 is 0 Å². The second kappa shape index (κ2) is 7.33. The molecule has 0 radical (unpaired) electrons. The van der Waals surface area contributed by atoms with Crippen LogP contribution in [0.15, 0.2) is 36.4 Å². The summed E-state index contributed by atoms with van der Waals surface area (Å²) in [5, 5.41) is 2.84. The third-order valence-electron chi connectivity index (χ3n) is 3.82. The Hall–Kier alpha value is -1.30. The Morgan fingerprint density at radius 1 is 0.895 bits per heavy atom. The van der Waals surface area contributed by atoms with E-state index in [1.807, 2.05) is 13.8 Å². The van der Waals surface area contributed by atoms with Gasteiger partial charge in [0.2, 0.25) is 0 Å². The highest BCUT2D eigenvalue weighted by atomic mass is 14.2. The van der Waals surface area contributed by atoms with Crippen LogP contribution in [0.25, 0.3) is 10.8 Å². The summed E-state index contributed by atoms with van der Waals surface area (Å²) in [5.41, 5.74) is 2.90. The molecule has 0 aromatic heterocycles. The van der Waals surface area contributed by atoms with E-state index in [1.165, 1.54) is 28.3 Å². The van der Waals surface area contributed by atoms with E-state index in [2.05, 4.69) is 64.1 Å². The molecule has 2 rings (SSSR count). The SMILES string of the molecule is CC.CCC(c1ccc(C)c2ccccc12)C(C)C. The Balaban J connectivity index is 0.000000861. The van der Waals surface area contributed by atoms with E-state index in [-0.39, 0.29) is 0 Å². The number of hydrogen-bond acceptors (Lipinski definition) is 0. The maximum absolute atomic E-state index is 2.33. The van der Waals surface area contributed by atoms with Crippen molar-refractivity contribution in [3.05, 3.63) is 47.5 Å². The first-order valence-electron chi connectivity index (χ1n) is 7.63. The van der Waals surface area contributed by atoms with Crippen LogP contribution in [-0.2, 0) is 0 Å². The van der Waals surface area contributed by atoms with Gasteiger partial charge in [-0.05, 0) is 47.1 Å². The van der Waals surface area contributed by atoms with Gasteiger partial charge in [0, 0.05) is 0 Å². The van der Waals surface area contributed by atoms with Crippen LogP contribution in [0.2, 0.25) is 0 Å². The molecular weight excluding hydrogens is 228 g/mol. The smallest absolute Gasteiger partial charge is 0.0135 e. The predicted octanol–water partition coefficient (Wildman–Crippen LogP) is 6.32. The number of aryl methyl sites for hydroxylation is 1. The summed E-state index contributed by atoms with van der Waals surface area (Å²) < 4.78 is 0. The molecule has 1 unspecified atom stereocenters. The standard InChI is InChI=1S/C17H22.C2H6/c1-5-14(12(2)3)17-11-10-13(4)15-8-6-7-9-16(15)17;1-2/h6-12,14H,5H2,1-4H3;1-2H3. The van der Waals surface area contributed by atoms with E-state index in [4.69, 9.17) is 0 Å². The molecule has 0 aliphatic rings. The van der Waals surface area contributed by atoms with E-state index >= 15 is 0 Å². The van der Waals surface area contributed by atoms with Crippen molar-refractivity contribution >= 4 is 10.8 Å². The third-order valence-corrected chi connectivity index (χ3v) is 3.82. The minimum Gasteiger partial charge on any atom is -0.0683 e. The van der Waals surface area contributed by atoms with Crippen LogP contribution in [0.5, 0.6) is 0 Å². The molecule has 0 saturated heterocycles. The van der Waals surface area contributed by atoms with Gasteiger partial charge in [-0.1, -0.05) is 71.0 Å². The molecule has 0 aliphatic heterocycles. The van der Waals surface area contributed by atoms with Crippen molar-refractivity contribution in [2.75, 3.05) is 0 Å². The lowest BCUT2D eigenvalue weighted by molar-refractivity contribution is 0.488. The Morgan fingerprint density at radius 3 is 2.00 bits per heavy atom. The van der Waals surface area contributed by atoms with E-state index in [9.17, 15) is 0 Å². The van der Waals surface area contributed by atoms with Gasteiger partial charge in [-0.2, -0.15) is 0 Å². The van der Waals surface area contributed by atoms with E-state index < -0.39 is 0 Å². The molecule has 0 saturated carbocycles. The molecule has 2 aromatic rings. The van der Waals surface area contributed by atoms with Gasteiger partial charge in [0.05, 0.1) is 0 Å². The zero-order chi connectivity index (χ0) is 14.4. The van der Waals surface area contributed by atoms with Crippen molar-refractivity contribution in [3.63, 3.8) is 0 Å². The van der Waals surface area contributed by atoms with Crippen molar-refractivity contribution in [2.45, 2.75) is 53.9 Å². The normalized spacial score (nSPS) is 12.2. The van der Waals surface area contributed by atoms with Crippen LogP contribution in [0.3, 0.4) is 0 Å². The molecule has 0 amide bonds. The van der Waals surface area contributed by atoms with Gasteiger partial charge >= 0.3 is 0 Å². The fourth-order valence-corrected chi connectivity index (χ4v) is 2.85. The summed E-state index contributed by atoms with van der Waals surface area (Å²) in [4.78, 5) is 0. The van der Waals surface area contributed by atoms with Gasteiger partial charge in [-0.3, -0.25) is 0 Å². The van der Waals surface area contributed by atoms with Gasteiger partial charge in [0.15, 0.2) is 0 Å². The van der Waals surface area contributed by atoms with Crippen molar-refractivity contribution in [1.82, 2.24) is 0 Å². The lowest BCUT2D eigenvalue weighted by atomic mass is 9.83. The molecule has 0 nitrogen and oxygen atoms in total. The average molecular weight is 256 g/mol. The second-order valence-corrected chi connectivity index (χ2v) is 5.28. The highest BCUT2D eigenvalue weighted by molar-refractivity contribution is 5.89. The van der Waals surface area contributed by atoms with Gasteiger partial charge in [0.25, 0.3) is 0 Å². The molecule has 2 aromatic carbocycles. The Kier molecular flexibility index (Phi) is 6.08. The Bertz CT molecular complexity index is 508. The van der Waals surface area contributed by atoms with Gasteiger partial charge in [-0.25, -0.2) is 0 Å². The second-order valence-electron chi connectivity index (χ2n) is 5.28. The van der Waals surface area contributed by atoms with Gasteiger partial charge < -0.3 is 0 Å². The Morgan fingerprint density at radius 2 is 1.47 bits per heavy atom. The molecule has 0 heteroatoms. The van der Waals surface area contributed by atoms with Gasteiger partial charge in [0.1, 0.15) is 0 Å². The first-order valence-corrected chi connectivity index (χ1v) is 7.63. The Labute approximate surface area is 118 Å². The highest BCUT2D eigenvalue weighted by Gasteiger charge is 2.16. The molecule has 0 aliphatic carbocycles. The van der Waals surface area contributed by atoms with E-state index in [1.54, 1.807) is 0 Å². The fraction of sp³-hybridized carbons (Fsp3) is 0.474. The van der Waals surface area contributed by atoms with Crippen LogP contribution < -0.4 is 0 Å². The van der Waals surface area contributed by atoms with Crippen molar-refractivity contribution in [2.24, 2.45) is 5.92 Å². The van der Waals surface area contributed by atoms with Crippen LogP contribution in [0, 0.1) is 12.8 Å². The molecule has 0 bridgehead atoms. The van der Waals surface area contributed by atoms with Crippen LogP contribution in [0.4, 0.5) is 0 Å². The zero-order valence-corrected chi connectivity index (χ0v) is 13.3. The minimum absolute atomic E-state index is 0.667. The quantitative estimate of drug-likeness (QED) is 0.602. The highest BCUT2D eigenvalue weighted by Crippen LogP contribution is 2.34. The first kappa shape index (κ1) is 15.8. The van der Waals surface area contributed by atoms with Crippen molar-refractivity contribution in [1.29, 1.82) is 0 Å². The largest absolute Gasteiger partial charge is 0.0683 e. The molecule has 19 heavy (non-hydrogen) atoms. The maximum Gasteiger partial charge on any atom is -0.0135 e. The summed E-state index contributed by atoms with van der Waals surface area (Å²) >= 11 is 0. The summed E-state index contributed by atoms with van der Waals surface area (Å²) in [6.45, 7) is 13.1.